The summed E-state index contributed by atoms with van der Waals surface area (Å²) in [5.74, 6) is -2.06. The molecule has 0 aliphatic heterocycles. The van der Waals surface area contributed by atoms with Crippen LogP contribution in [0, 0.1) is 32.4 Å². The van der Waals surface area contributed by atoms with Crippen molar-refractivity contribution in [2.75, 3.05) is 10.0 Å². The van der Waals surface area contributed by atoms with Crippen LogP contribution in [-0.2, 0) is 10.0 Å². The molecule has 1 amide bonds. The molecule has 0 spiro atoms. The number of hydrogen-bond acceptors (Lipinski definition) is 3. The van der Waals surface area contributed by atoms with Gasteiger partial charge in [-0.2, -0.15) is 0 Å². The van der Waals surface area contributed by atoms with Crippen molar-refractivity contribution in [3.05, 3.63) is 88.5 Å². The number of carbonyl (C=O) groups is 1. The normalized spacial score (nSPS) is 11.2. The van der Waals surface area contributed by atoms with Gasteiger partial charge in [0.25, 0.3) is 15.9 Å². The Morgan fingerprint density at radius 2 is 1.47 bits per heavy atom. The molecule has 3 aromatic carbocycles. The zero-order chi connectivity index (χ0) is 22.1. The van der Waals surface area contributed by atoms with Crippen molar-refractivity contribution in [1.82, 2.24) is 0 Å². The Kier molecular flexibility index (Phi) is 5.89. The molecule has 30 heavy (non-hydrogen) atoms. The van der Waals surface area contributed by atoms with Gasteiger partial charge in [0.2, 0.25) is 0 Å². The number of halogens is 2. The maximum absolute atomic E-state index is 14.5. The Labute approximate surface area is 173 Å². The summed E-state index contributed by atoms with van der Waals surface area (Å²) in [4.78, 5) is 11.9. The van der Waals surface area contributed by atoms with Crippen molar-refractivity contribution in [2.24, 2.45) is 0 Å². The van der Waals surface area contributed by atoms with Crippen molar-refractivity contribution in [2.45, 2.75) is 25.7 Å². The van der Waals surface area contributed by atoms with E-state index in [0.717, 1.165) is 34.9 Å². The average Bonchev–Trinajstić information content (AvgIpc) is 2.66. The summed E-state index contributed by atoms with van der Waals surface area (Å²) in [5.41, 5.74) is 2.89. The first kappa shape index (κ1) is 21.4. The lowest BCUT2D eigenvalue weighted by atomic mass is 10.1. The largest absolute Gasteiger partial charge is 0.319 e. The molecule has 0 saturated heterocycles. The maximum Gasteiger partial charge on any atom is 0.262 e. The number of carbonyl (C=O) groups excluding carboxylic acids is 1. The molecule has 3 aromatic rings. The fourth-order valence-corrected chi connectivity index (χ4v) is 4.31. The summed E-state index contributed by atoms with van der Waals surface area (Å²) >= 11 is 0. The second-order valence-corrected chi connectivity index (χ2v) is 8.66. The zero-order valence-corrected chi connectivity index (χ0v) is 17.4. The third kappa shape index (κ3) is 4.65. The second-order valence-electron chi connectivity index (χ2n) is 6.98. The van der Waals surface area contributed by atoms with Gasteiger partial charge in [0.05, 0.1) is 16.3 Å². The highest BCUT2D eigenvalue weighted by atomic mass is 32.2. The minimum absolute atomic E-state index is 0.138. The summed E-state index contributed by atoms with van der Waals surface area (Å²) in [6.07, 6.45) is 0. The first-order valence-electron chi connectivity index (χ1n) is 9.04. The van der Waals surface area contributed by atoms with Gasteiger partial charge < -0.3 is 5.32 Å². The Hall–Kier alpha value is -3.26. The van der Waals surface area contributed by atoms with Crippen LogP contribution in [0.1, 0.15) is 27.0 Å². The van der Waals surface area contributed by atoms with Crippen molar-refractivity contribution in [3.8, 4) is 0 Å². The molecule has 0 radical (unpaired) electrons. The summed E-state index contributed by atoms with van der Waals surface area (Å²) in [7, 11) is -4.04. The van der Waals surface area contributed by atoms with Crippen LogP contribution < -0.4 is 10.0 Å². The Morgan fingerprint density at radius 3 is 2.03 bits per heavy atom. The molecular formula is C22H20F2N2O3S. The van der Waals surface area contributed by atoms with Crippen molar-refractivity contribution < 1.29 is 22.0 Å². The molecule has 0 aliphatic rings. The lowest BCUT2D eigenvalue weighted by Crippen LogP contribution is -2.16. The molecule has 0 aromatic heterocycles. The van der Waals surface area contributed by atoms with Gasteiger partial charge in [-0.3, -0.25) is 9.52 Å². The van der Waals surface area contributed by atoms with Crippen LogP contribution in [-0.4, -0.2) is 14.3 Å². The van der Waals surface area contributed by atoms with Crippen molar-refractivity contribution >= 4 is 27.3 Å². The number of amides is 1. The first-order chi connectivity index (χ1) is 14.1. The summed E-state index contributed by atoms with van der Waals surface area (Å²) in [6, 6.07) is 11.6. The van der Waals surface area contributed by atoms with Crippen LogP contribution in [0.3, 0.4) is 0 Å². The van der Waals surface area contributed by atoms with Gasteiger partial charge in [0.15, 0.2) is 0 Å². The molecule has 0 saturated carbocycles. The molecule has 0 bridgehead atoms. The lowest BCUT2D eigenvalue weighted by molar-refractivity contribution is 0.102. The molecule has 0 heterocycles. The SMILES string of the molecule is Cc1cc(C)c(NS(=O)(=O)c2ccc(NC(=O)c3ccc(F)cc3)c(F)c2)c(C)c1. The van der Waals surface area contributed by atoms with Crippen molar-refractivity contribution in [3.63, 3.8) is 0 Å². The molecule has 5 nitrogen and oxygen atoms in total. The Bertz CT molecular complexity index is 1200. The Morgan fingerprint density at radius 1 is 0.867 bits per heavy atom. The standard InChI is InChI=1S/C22H20F2N2O3S/c1-13-10-14(2)21(15(3)11-13)26-30(28,29)18-8-9-20(19(24)12-18)25-22(27)16-4-6-17(23)7-5-16/h4-12,26H,1-3H3,(H,25,27). The van der Waals surface area contributed by atoms with Gasteiger partial charge in [-0.15, -0.1) is 0 Å². The van der Waals surface area contributed by atoms with Crippen LogP contribution >= 0.6 is 0 Å². The van der Waals surface area contributed by atoms with E-state index in [-0.39, 0.29) is 16.1 Å². The lowest BCUT2D eigenvalue weighted by Gasteiger charge is -2.15. The molecule has 0 aliphatic carbocycles. The van der Waals surface area contributed by atoms with Crippen molar-refractivity contribution in [1.29, 1.82) is 0 Å². The fraction of sp³-hybridized carbons (Fsp3) is 0.136. The highest BCUT2D eigenvalue weighted by molar-refractivity contribution is 7.92. The van der Waals surface area contributed by atoms with E-state index in [9.17, 15) is 22.0 Å². The molecular weight excluding hydrogens is 410 g/mol. The summed E-state index contributed by atoms with van der Waals surface area (Å²) < 4.78 is 55.4. The van der Waals surface area contributed by atoms with Gasteiger partial charge in [-0.25, -0.2) is 17.2 Å². The zero-order valence-electron chi connectivity index (χ0n) is 16.6. The third-order valence-corrected chi connectivity index (χ3v) is 5.87. The van der Waals surface area contributed by atoms with E-state index in [1.165, 1.54) is 24.3 Å². The minimum Gasteiger partial charge on any atom is -0.319 e. The number of sulfonamides is 1. The average molecular weight is 430 g/mol. The molecule has 8 heteroatoms. The fourth-order valence-electron chi connectivity index (χ4n) is 3.09. The van der Waals surface area contributed by atoms with Gasteiger partial charge >= 0.3 is 0 Å². The van der Waals surface area contributed by atoms with Crippen LogP contribution in [0.25, 0.3) is 0 Å². The number of benzene rings is 3. The minimum atomic E-state index is -4.04. The highest BCUT2D eigenvalue weighted by Crippen LogP contribution is 2.26. The molecule has 3 rings (SSSR count). The molecule has 0 atom stereocenters. The second kappa shape index (κ2) is 8.23. The number of anilines is 2. The van der Waals surface area contributed by atoms with Crippen LogP contribution in [0.15, 0.2) is 59.5 Å². The third-order valence-electron chi connectivity index (χ3n) is 4.52. The summed E-state index contributed by atoms with van der Waals surface area (Å²) in [6.45, 7) is 5.48. The predicted octanol–water partition coefficient (Wildman–Crippen LogP) is 4.94. The van der Waals surface area contributed by atoms with E-state index in [1.54, 1.807) is 13.8 Å². The molecule has 0 unspecified atom stereocenters. The van der Waals surface area contributed by atoms with E-state index in [0.29, 0.717) is 5.69 Å². The monoisotopic (exact) mass is 430 g/mol. The summed E-state index contributed by atoms with van der Waals surface area (Å²) in [5, 5.41) is 2.35. The smallest absolute Gasteiger partial charge is 0.262 e. The van der Waals surface area contributed by atoms with Gasteiger partial charge in [0.1, 0.15) is 11.6 Å². The van der Waals surface area contributed by atoms with E-state index in [4.69, 9.17) is 0 Å². The van der Waals surface area contributed by atoms with Crippen LogP contribution in [0.2, 0.25) is 0 Å². The van der Waals surface area contributed by atoms with Gasteiger partial charge in [-0.05, 0) is 74.4 Å². The Balaban J connectivity index is 1.83. The molecule has 0 fully saturated rings. The predicted molar refractivity (Wildman–Crippen MR) is 112 cm³/mol. The number of aryl methyl sites for hydroxylation is 3. The van der Waals surface area contributed by atoms with E-state index in [2.05, 4.69) is 10.0 Å². The van der Waals surface area contributed by atoms with E-state index >= 15 is 0 Å². The van der Waals surface area contributed by atoms with Crippen LogP contribution in [0.5, 0.6) is 0 Å². The van der Waals surface area contributed by atoms with E-state index in [1.807, 2.05) is 19.1 Å². The van der Waals surface area contributed by atoms with Gasteiger partial charge in [-0.1, -0.05) is 17.7 Å². The molecule has 156 valence electrons. The topological polar surface area (TPSA) is 75.3 Å². The maximum atomic E-state index is 14.5. The highest BCUT2D eigenvalue weighted by Gasteiger charge is 2.19. The number of hydrogen-bond donors (Lipinski definition) is 2. The molecule has 2 N–H and O–H groups in total. The number of rotatable bonds is 5. The number of nitrogens with one attached hydrogen (secondary N) is 2. The van der Waals surface area contributed by atoms with E-state index < -0.39 is 27.6 Å². The quantitative estimate of drug-likeness (QED) is 0.602. The van der Waals surface area contributed by atoms with Gasteiger partial charge in [0, 0.05) is 5.56 Å². The van der Waals surface area contributed by atoms with Crippen LogP contribution in [0.4, 0.5) is 20.2 Å². The first-order valence-corrected chi connectivity index (χ1v) is 10.5.